The average molecular weight is 624 g/mol. The van der Waals surface area contributed by atoms with Crippen molar-refractivity contribution in [3.63, 3.8) is 0 Å². The number of nitrogens with one attached hydrogen (secondary N) is 2. The van der Waals surface area contributed by atoms with Crippen molar-refractivity contribution >= 4 is 39.6 Å². The Morgan fingerprint density at radius 3 is 2.45 bits per heavy atom. The third kappa shape index (κ3) is 8.21. The first-order chi connectivity index (χ1) is 19.8. The van der Waals surface area contributed by atoms with Gasteiger partial charge < -0.3 is 19.7 Å². The number of nitrogens with zero attached hydrogens (tertiary/aromatic N) is 1. The van der Waals surface area contributed by atoms with Gasteiger partial charge in [-0.1, -0.05) is 6.08 Å². The van der Waals surface area contributed by atoms with Gasteiger partial charge in [0.25, 0.3) is 0 Å². The number of ether oxygens (including phenoxy) is 2. The highest BCUT2D eigenvalue weighted by Crippen LogP contribution is 2.39. The molecule has 0 saturated carbocycles. The first-order valence-corrected chi connectivity index (χ1v) is 16.6. The van der Waals surface area contributed by atoms with Crippen molar-refractivity contribution in [2.45, 2.75) is 69.0 Å². The van der Waals surface area contributed by atoms with E-state index < -0.39 is 51.0 Å². The highest BCUT2D eigenvalue weighted by molar-refractivity contribution is 7.99. The first kappa shape index (κ1) is 32.2. The molecule has 1 amide bonds. The summed E-state index contributed by atoms with van der Waals surface area (Å²) in [5.74, 6) is 0.284. The molecule has 0 radical (unpaired) electrons. The summed E-state index contributed by atoms with van der Waals surface area (Å²) >= 11 is 1.77. The molecule has 42 heavy (non-hydrogen) atoms. The fourth-order valence-corrected chi connectivity index (χ4v) is 7.20. The van der Waals surface area contributed by atoms with E-state index in [-0.39, 0.29) is 29.3 Å². The minimum absolute atomic E-state index is 0.0799. The Hall–Kier alpha value is -2.74. The number of hydrogen-bond donors (Lipinski definition) is 2. The van der Waals surface area contributed by atoms with Gasteiger partial charge >= 0.3 is 12.1 Å². The predicted octanol–water partition coefficient (Wildman–Crippen LogP) is 3.54. The lowest BCUT2D eigenvalue weighted by Gasteiger charge is -2.36. The number of Topliss-reactive ketones (excluding diaryl/α,β-unsaturated/α-hetero) is 1. The van der Waals surface area contributed by atoms with E-state index in [1.54, 1.807) is 49.6 Å². The van der Waals surface area contributed by atoms with Gasteiger partial charge in [0.05, 0.1) is 16.4 Å². The molecule has 13 heteroatoms. The molecule has 1 unspecified atom stereocenters. The SMILES string of the molecule is CC(C)(C)OC(=O)[C@H](CC1(C(=O)[C@@H]2CCCN2)C=CC(OC(=O)N2CCSCC2)=CC1)NS(=O)(=O)c1ccc(F)cc1. The van der Waals surface area contributed by atoms with Crippen molar-refractivity contribution in [3.8, 4) is 0 Å². The number of esters is 1. The maximum absolute atomic E-state index is 14.0. The Morgan fingerprint density at radius 2 is 1.88 bits per heavy atom. The van der Waals surface area contributed by atoms with Crippen molar-refractivity contribution in [1.82, 2.24) is 14.9 Å². The fraction of sp³-hybridized carbons (Fsp3) is 0.552. The van der Waals surface area contributed by atoms with E-state index in [2.05, 4.69) is 10.0 Å². The van der Waals surface area contributed by atoms with Crippen molar-refractivity contribution in [2.75, 3.05) is 31.1 Å². The maximum atomic E-state index is 14.0. The van der Waals surface area contributed by atoms with Crippen LogP contribution in [0.15, 0.2) is 53.1 Å². The van der Waals surface area contributed by atoms with Gasteiger partial charge in [-0.2, -0.15) is 16.5 Å². The Kier molecular flexibility index (Phi) is 10.2. The summed E-state index contributed by atoms with van der Waals surface area (Å²) in [6.45, 7) is 6.81. The minimum atomic E-state index is -4.30. The van der Waals surface area contributed by atoms with Crippen LogP contribution in [0.2, 0.25) is 0 Å². The van der Waals surface area contributed by atoms with Gasteiger partial charge in [0.2, 0.25) is 10.0 Å². The molecule has 1 aromatic rings. The van der Waals surface area contributed by atoms with Crippen LogP contribution in [0.3, 0.4) is 0 Å². The Morgan fingerprint density at radius 1 is 1.19 bits per heavy atom. The van der Waals surface area contributed by atoms with Crippen LogP contribution < -0.4 is 10.0 Å². The monoisotopic (exact) mass is 623 g/mol. The summed E-state index contributed by atoms with van der Waals surface area (Å²) in [6, 6.07) is 2.28. The number of carbonyl (C=O) groups is 3. The molecule has 2 aliphatic heterocycles. The largest absolute Gasteiger partial charge is 0.459 e. The molecule has 3 atom stereocenters. The van der Waals surface area contributed by atoms with Gasteiger partial charge in [0.1, 0.15) is 23.2 Å². The van der Waals surface area contributed by atoms with Crippen LogP contribution >= 0.6 is 11.8 Å². The predicted molar refractivity (Wildman–Crippen MR) is 157 cm³/mol. The number of ketones is 1. The molecule has 10 nitrogen and oxygen atoms in total. The molecule has 4 rings (SSSR count). The number of thioether (sulfide) groups is 1. The first-order valence-electron chi connectivity index (χ1n) is 14.0. The lowest BCUT2D eigenvalue weighted by Crippen LogP contribution is -2.51. The normalized spacial score (nSPS) is 23.7. The quantitative estimate of drug-likeness (QED) is 0.397. The molecule has 0 bridgehead atoms. The minimum Gasteiger partial charge on any atom is -0.459 e. The van der Waals surface area contributed by atoms with Crippen molar-refractivity contribution < 1.29 is 36.7 Å². The van der Waals surface area contributed by atoms with Crippen LogP contribution in [-0.4, -0.2) is 80.0 Å². The van der Waals surface area contributed by atoms with E-state index in [1.165, 1.54) is 6.08 Å². The molecule has 0 aromatic heterocycles. The molecular formula is C29H38FN3O7S2. The van der Waals surface area contributed by atoms with Crippen molar-refractivity contribution in [1.29, 1.82) is 0 Å². The zero-order chi connectivity index (χ0) is 30.5. The van der Waals surface area contributed by atoms with Crippen LogP contribution in [-0.2, 0) is 29.1 Å². The molecule has 230 valence electrons. The number of rotatable bonds is 9. The number of carbonyl (C=O) groups excluding carboxylic acids is 3. The van der Waals surface area contributed by atoms with Crippen molar-refractivity contribution in [2.24, 2.45) is 5.41 Å². The second-order valence-corrected chi connectivity index (χ2v) is 14.6. The second-order valence-electron chi connectivity index (χ2n) is 11.6. The van der Waals surface area contributed by atoms with E-state index >= 15 is 0 Å². The van der Waals surface area contributed by atoms with Gasteiger partial charge in [0, 0.05) is 24.6 Å². The number of amides is 1. The summed E-state index contributed by atoms with van der Waals surface area (Å²) in [7, 11) is -4.30. The lowest BCUT2D eigenvalue weighted by atomic mass is 9.70. The third-order valence-corrected chi connectivity index (χ3v) is 9.69. The van der Waals surface area contributed by atoms with Crippen LogP contribution in [0.1, 0.15) is 46.5 Å². The topological polar surface area (TPSA) is 131 Å². The molecule has 1 aliphatic carbocycles. The summed E-state index contributed by atoms with van der Waals surface area (Å²) in [4.78, 5) is 41.5. The molecule has 3 aliphatic rings. The van der Waals surface area contributed by atoms with Crippen LogP contribution in [0.5, 0.6) is 0 Å². The third-order valence-electron chi connectivity index (χ3n) is 7.26. The van der Waals surface area contributed by atoms with Crippen LogP contribution in [0.4, 0.5) is 9.18 Å². The molecule has 2 saturated heterocycles. The Balaban J connectivity index is 1.62. The smallest absolute Gasteiger partial charge is 0.415 e. The molecule has 1 aromatic carbocycles. The molecule has 2 heterocycles. The molecule has 2 N–H and O–H groups in total. The van der Waals surface area contributed by atoms with Crippen LogP contribution in [0.25, 0.3) is 0 Å². The number of hydrogen-bond acceptors (Lipinski definition) is 9. The summed E-state index contributed by atoms with van der Waals surface area (Å²) in [6.07, 6.45) is 5.54. The highest BCUT2D eigenvalue weighted by atomic mass is 32.2. The maximum Gasteiger partial charge on any atom is 0.415 e. The lowest BCUT2D eigenvalue weighted by molar-refractivity contribution is -0.157. The fourth-order valence-electron chi connectivity index (χ4n) is 5.12. The summed E-state index contributed by atoms with van der Waals surface area (Å²) < 4.78 is 53.6. The highest BCUT2D eigenvalue weighted by Gasteiger charge is 2.46. The van der Waals surface area contributed by atoms with E-state index in [9.17, 15) is 27.2 Å². The molecule has 0 spiro atoms. The molecule has 2 fully saturated rings. The van der Waals surface area contributed by atoms with Gasteiger partial charge in [-0.05, 0) is 89.4 Å². The standard InChI is InChI=1S/C29H38FN3O7S2/c1-28(2,3)40-26(35)24(32-42(37,38)22-8-6-20(30)7-9-22)19-29(25(34)23-5-4-14-31-23)12-10-21(11-13-29)39-27(36)33-15-17-41-18-16-33/h6-12,23-24,31-32H,4-5,13-19H2,1-3H3/t23-,24-,29?/m0/s1. The second kappa shape index (κ2) is 13.3. The summed E-state index contributed by atoms with van der Waals surface area (Å²) in [5.41, 5.74) is -2.23. The zero-order valence-corrected chi connectivity index (χ0v) is 25.7. The van der Waals surface area contributed by atoms with Gasteiger partial charge in [-0.25, -0.2) is 17.6 Å². The van der Waals surface area contributed by atoms with Gasteiger partial charge in [0.15, 0.2) is 5.78 Å². The Labute approximate surface area is 250 Å². The Bertz CT molecular complexity index is 1330. The van der Waals surface area contributed by atoms with E-state index in [1.807, 2.05) is 0 Å². The van der Waals surface area contributed by atoms with Gasteiger partial charge in [-0.3, -0.25) is 9.59 Å². The van der Waals surface area contributed by atoms with E-state index in [4.69, 9.17) is 9.47 Å². The number of allylic oxidation sites excluding steroid dienone is 3. The number of halogens is 1. The summed E-state index contributed by atoms with van der Waals surface area (Å²) in [5, 5.41) is 3.20. The van der Waals surface area contributed by atoms with Gasteiger partial charge in [-0.15, -0.1) is 0 Å². The van der Waals surface area contributed by atoms with Crippen LogP contribution in [0, 0.1) is 11.2 Å². The van der Waals surface area contributed by atoms with E-state index in [0.29, 0.717) is 26.1 Å². The molecular weight excluding hydrogens is 585 g/mol. The zero-order valence-electron chi connectivity index (χ0n) is 24.1. The average Bonchev–Trinajstić information content (AvgIpc) is 3.48. The number of benzene rings is 1. The number of sulfonamides is 1. The van der Waals surface area contributed by atoms with Crippen molar-refractivity contribution in [3.05, 3.63) is 54.1 Å². The van der Waals surface area contributed by atoms with E-state index in [0.717, 1.165) is 42.2 Å².